The van der Waals surface area contributed by atoms with E-state index in [1.165, 1.54) is 26.2 Å². The number of ketones is 1. The predicted octanol–water partition coefficient (Wildman–Crippen LogP) is 0.653. The molecule has 0 bridgehead atoms. The summed E-state index contributed by atoms with van der Waals surface area (Å²) in [5, 5.41) is 19.1. The minimum Gasteiger partial charge on any atom is -0.466 e. The maximum Gasteiger partial charge on any atom is 0.164 e. The molecule has 2 atom stereocenters. The van der Waals surface area contributed by atoms with Crippen molar-refractivity contribution < 1.29 is 19.4 Å². The molecular formula is C9H12O4. The molecule has 1 aromatic heterocycles. The largest absolute Gasteiger partial charge is 0.466 e. The second-order valence-electron chi connectivity index (χ2n) is 3.12. The lowest BCUT2D eigenvalue weighted by molar-refractivity contribution is -0.147. The summed E-state index contributed by atoms with van der Waals surface area (Å²) in [7, 11) is 0. The number of carbonyl (C=O) groups excluding carboxylic acids is 1. The van der Waals surface area contributed by atoms with Gasteiger partial charge in [-0.25, -0.2) is 0 Å². The van der Waals surface area contributed by atoms with Gasteiger partial charge in [0, 0.05) is 0 Å². The fourth-order valence-electron chi connectivity index (χ4n) is 0.916. The summed E-state index contributed by atoms with van der Waals surface area (Å²) in [5.74, 6) is -0.323. The van der Waals surface area contributed by atoms with Gasteiger partial charge in [-0.1, -0.05) is 0 Å². The minimum absolute atomic E-state index is 0.181. The zero-order valence-corrected chi connectivity index (χ0v) is 7.52. The first kappa shape index (κ1) is 9.95. The molecular weight excluding hydrogens is 172 g/mol. The number of Topliss-reactive ketones (excluding diaryl/α,β-unsaturated/α-hetero) is 1. The van der Waals surface area contributed by atoms with E-state index in [9.17, 15) is 15.0 Å². The zero-order valence-electron chi connectivity index (χ0n) is 7.52. The van der Waals surface area contributed by atoms with Gasteiger partial charge in [-0.3, -0.25) is 4.79 Å². The topological polar surface area (TPSA) is 70.7 Å². The third-order valence-electron chi connectivity index (χ3n) is 2.06. The number of hydrogen-bond acceptors (Lipinski definition) is 4. The normalized spacial score (nSPS) is 17.8. The molecule has 0 aromatic carbocycles. The Balaban J connectivity index is 2.90. The fourth-order valence-corrected chi connectivity index (χ4v) is 0.916. The Bertz CT molecular complexity index is 287. The predicted molar refractivity (Wildman–Crippen MR) is 45.0 cm³/mol. The van der Waals surface area contributed by atoms with Gasteiger partial charge in [0.1, 0.15) is 11.9 Å². The first-order valence-corrected chi connectivity index (χ1v) is 3.91. The molecule has 13 heavy (non-hydrogen) atoms. The third-order valence-corrected chi connectivity index (χ3v) is 2.06. The van der Waals surface area contributed by atoms with E-state index in [4.69, 9.17) is 4.42 Å². The molecule has 0 aliphatic heterocycles. The second-order valence-corrected chi connectivity index (χ2v) is 3.12. The number of hydrogen-bond donors (Lipinski definition) is 2. The van der Waals surface area contributed by atoms with E-state index in [0.29, 0.717) is 0 Å². The van der Waals surface area contributed by atoms with Gasteiger partial charge in [-0.15, -0.1) is 0 Å². The van der Waals surface area contributed by atoms with Crippen molar-refractivity contribution in [2.45, 2.75) is 25.6 Å². The maximum atomic E-state index is 11.0. The highest BCUT2D eigenvalue weighted by molar-refractivity contribution is 5.84. The van der Waals surface area contributed by atoms with Crippen molar-refractivity contribution in [1.29, 1.82) is 0 Å². The number of rotatable bonds is 3. The molecule has 0 aliphatic carbocycles. The van der Waals surface area contributed by atoms with Crippen molar-refractivity contribution in [3.8, 4) is 0 Å². The molecule has 0 radical (unpaired) electrons. The summed E-state index contributed by atoms with van der Waals surface area (Å²) in [4.78, 5) is 11.0. The Morgan fingerprint density at radius 2 is 2.31 bits per heavy atom. The third kappa shape index (κ3) is 1.79. The van der Waals surface area contributed by atoms with Crippen molar-refractivity contribution in [2.24, 2.45) is 0 Å². The molecule has 0 spiro atoms. The number of aliphatic hydroxyl groups excluding tert-OH is 1. The van der Waals surface area contributed by atoms with Crippen LogP contribution < -0.4 is 0 Å². The van der Waals surface area contributed by atoms with Crippen LogP contribution >= 0.6 is 0 Å². The molecule has 72 valence electrons. The molecule has 0 saturated carbocycles. The van der Waals surface area contributed by atoms with Crippen LogP contribution in [0.3, 0.4) is 0 Å². The monoisotopic (exact) mass is 184 g/mol. The molecule has 1 rings (SSSR count). The lowest BCUT2D eigenvalue weighted by Gasteiger charge is -2.24. The van der Waals surface area contributed by atoms with E-state index in [-0.39, 0.29) is 5.76 Å². The average molecular weight is 184 g/mol. The van der Waals surface area contributed by atoms with Crippen molar-refractivity contribution >= 4 is 5.78 Å². The van der Waals surface area contributed by atoms with Gasteiger partial charge in [0.05, 0.1) is 6.26 Å². The van der Waals surface area contributed by atoms with Crippen LogP contribution in [0, 0.1) is 0 Å². The molecule has 4 nitrogen and oxygen atoms in total. The van der Waals surface area contributed by atoms with Crippen molar-refractivity contribution in [3.63, 3.8) is 0 Å². The summed E-state index contributed by atoms with van der Waals surface area (Å²) in [6.45, 7) is 2.47. The van der Waals surface area contributed by atoms with E-state index in [1.807, 2.05) is 0 Å². The van der Waals surface area contributed by atoms with Crippen molar-refractivity contribution in [2.75, 3.05) is 0 Å². The van der Waals surface area contributed by atoms with Crippen LogP contribution in [0.1, 0.15) is 25.7 Å². The first-order valence-electron chi connectivity index (χ1n) is 3.91. The van der Waals surface area contributed by atoms with Gasteiger partial charge < -0.3 is 14.6 Å². The average Bonchev–Trinajstić information content (AvgIpc) is 2.54. The van der Waals surface area contributed by atoms with Gasteiger partial charge >= 0.3 is 0 Å². The first-order chi connectivity index (χ1) is 5.96. The van der Waals surface area contributed by atoms with E-state index >= 15 is 0 Å². The fraction of sp³-hybridized carbons (Fsp3) is 0.444. The van der Waals surface area contributed by atoms with E-state index in [0.717, 1.165) is 0 Å². The summed E-state index contributed by atoms with van der Waals surface area (Å²) < 4.78 is 4.87. The number of carbonyl (C=O) groups is 1. The number of aliphatic hydroxyl groups is 2. The Morgan fingerprint density at radius 3 is 2.69 bits per heavy atom. The number of furan rings is 1. The lowest BCUT2D eigenvalue weighted by atomic mass is 9.93. The van der Waals surface area contributed by atoms with Gasteiger partial charge in [-0.2, -0.15) is 0 Å². The van der Waals surface area contributed by atoms with Crippen LogP contribution in [0.2, 0.25) is 0 Å². The Morgan fingerprint density at radius 1 is 1.69 bits per heavy atom. The highest BCUT2D eigenvalue weighted by Crippen LogP contribution is 2.26. The quantitative estimate of drug-likeness (QED) is 0.723. The van der Waals surface area contributed by atoms with Crippen LogP contribution in [-0.4, -0.2) is 21.6 Å². The van der Waals surface area contributed by atoms with Crippen LogP contribution in [0.4, 0.5) is 0 Å². The molecule has 0 unspecified atom stereocenters. The Labute approximate surface area is 75.8 Å². The lowest BCUT2D eigenvalue weighted by Crippen LogP contribution is -2.39. The van der Waals surface area contributed by atoms with Crippen LogP contribution in [0.15, 0.2) is 22.8 Å². The highest BCUT2D eigenvalue weighted by Gasteiger charge is 2.37. The Hall–Kier alpha value is -1.13. The van der Waals surface area contributed by atoms with Gasteiger partial charge in [0.25, 0.3) is 0 Å². The van der Waals surface area contributed by atoms with E-state index in [2.05, 4.69) is 0 Å². The van der Waals surface area contributed by atoms with Crippen molar-refractivity contribution in [3.05, 3.63) is 24.2 Å². The zero-order chi connectivity index (χ0) is 10.1. The molecule has 0 saturated heterocycles. The molecule has 2 N–H and O–H groups in total. The molecule has 0 aliphatic rings. The summed E-state index contributed by atoms with van der Waals surface area (Å²) in [6, 6.07) is 3.08. The standard InChI is InChI=1S/C9H12O4/c1-6(10)9(2,12)8(11)7-4-3-5-13-7/h3-5,8,11-12H,1-2H3/t8-,9+/m0/s1. The smallest absolute Gasteiger partial charge is 0.164 e. The van der Waals surface area contributed by atoms with Crippen LogP contribution in [0.25, 0.3) is 0 Å². The Kier molecular flexibility index (Phi) is 2.54. The summed E-state index contributed by atoms with van der Waals surface area (Å²) in [6.07, 6.45) is 0.0504. The van der Waals surface area contributed by atoms with Crippen LogP contribution in [-0.2, 0) is 4.79 Å². The molecule has 4 heteroatoms. The second kappa shape index (κ2) is 3.32. The SMILES string of the molecule is CC(=O)[C@@](C)(O)[C@@H](O)c1ccco1. The highest BCUT2D eigenvalue weighted by atomic mass is 16.4. The molecule has 1 heterocycles. The maximum absolute atomic E-state index is 11.0. The van der Waals surface area contributed by atoms with E-state index < -0.39 is 17.5 Å². The van der Waals surface area contributed by atoms with Gasteiger partial charge in [-0.05, 0) is 26.0 Å². The summed E-state index contributed by atoms with van der Waals surface area (Å²) >= 11 is 0. The molecule has 1 aromatic rings. The van der Waals surface area contributed by atoms with Gasteiger partial charge in [0.2, 0.25) is 0 Å². The van der Waals surface area contributed by atoms with Gasteiger partial charge in [0.15, 0.2) is 11.4 Å². The molecule has 0 fully saturated rings. The van der Waals surface area contributed by atoms with Crippen molar-refractivity contribution in [1.82, 2.24) is 0 Å². The van der Waals surface area contributed by atoms with Crippen LogP contribution in [0.5, 0.6) is 0 Å². The van der Waals surface area contributed by atoms with E-state index in [1.54, 1.807) is 6.07 Å². The summed E-state index contributed by atoms with van der Waals surface area (Å²) in [5.41, 5.74) is -1.79. The minimum atomic E-state index is -1.79. The molecule has 0 amide bonds.